The minimum atomic E-state index is 0.595. The van der Waals surface area contributed by atoms with Crippen LogP contribution in [-0.4, -0.2) is 68.7 Å². The molecule has 0 spiro atoms. The third-order valence-corrected chi connectivity index (χ3v) is 5.67. The molecule has 0 aromatic heterocycles. The first-order valence-electron chi connectivity index (χ1n) is 10.6. The van der Waals surface area contributed by atoms with E-state index in [1.165, 1.54) is 50.8 Å². The van der Waals surface area contributed by atoms with Crippen molar-refractivity contribution in [2.45, 2.75) is 38.7 Å². The highest BCUT2D eigenvalue weighted by atomic mass is 16.5. The summed E-state index contributed by atoms with van der Waals surface area (Å²) >= 11 is 0. The van der Waals surface area contributed by atoms with Crippen molar-refractivity contribution in [2.75, 3.05) is 52.9 Å². The first kappa shape index (κ1) is 20.2. The number of aliphatic imine (C=N–C) groups is 1. The average Bonchev–Trinajstić information content (AvgIpc) is 3.01. The maximum atomic E-state index is 5.94. The highest BCUT2D eigenvalue weighted by Crippen LogP contribution is 2.17. The number of benzene rings is 1. The minimum Gasteiger partial charge on any atom is -0.376 e. The van der Waals surface area contributed by atoms with Crippen LogP contribution in [0.15, 0.2) is 35.3 Å². The molecule has 1 N–H and O–H groups in total. The van der Waals surface area contributed by atoms with Crippen molar-refractivity contribution in [2.24, 2.45) is 10.9 Å². The number of likely N-dealkylation sites (tertiary alicyclic amines) is 2. The SMILES string of the molecule is CN=C(NCCN1CCCCCC1)N1CCC(COCc2ccccc2)C1. The van der Waals surface area contributed by atoms with Crippen LogP contribution < -0.4 is 5.32 Å². The van der Waals surface area contributed by atoms with Gasteiger partial charge in [-0.1, -0.05) is 43.2 Å². The number of ether oxygens (including phenoxy) is 1. The second kappa shape index (κ2) is 11.3. The Labute approximate surface area is 164 Å². The quantitative estimate of drug-likeness (QED) is 0.590. The van der Waals surface area contributed by atoms with E-state index in [1.54, 1.807) is 0 Å². The minimum absolute atomic E-state index is 0.595. The molecule has 2 heterocycles. The van der Waals surface area contributed by atoms with Crippen molar-refractivity contribution in [1.82, 2.24) is 15.1 Å². The summed E-state index contributed by atoms with van der Waals surface area (Å²) in [7, 11) is 1.90. The van der Waals surface area contributed by atoms with Crippen molar-refractivity contribution >= 4 is 5.96 Å². The number of hydrogen-bond donors (Lipinski definition) is 1. The van der Waals surface area contributed by atoms with E-state index >= 15 is 0 Å². The monoisotopic (exact) mass is 372 g/mol. The van der Waals surface area contributed by atoms with Crippen molar-refractivity contribution in [1.29, 1.82) is 0 Å². The Hall–Kier alpha value is -1.59. The predicted octanol–water partition coefficient (Wildman–Crippen LogP) is 2.98. The fourth-order valence-corrected chi connectivity index (χ4v) is 4.10. The Morgan fingerprint density at radius 3 is 2.63 bits per heavy atom. The predicted molar refractivity (Wildman–Crippen MR) is 112 cm³/mol. The van der Waals surface area contributed by atoms with E-state index in [2.05, 4.69) is 44.4 Å². The average molecular weight is 373 g/mol. The van der Waals surface area contributed by atoms with Crippen LogP contribution in [0.4, 0.5) is 0 Å². The molecular weight excluding hydrogens is 336 g/mol. The zero-order valence-corrected chi connectivity index (χ0v) is 16.9. The van der Waals surface area contributed by atoms with Gasteiger partial charge in [0.15, 0.2) is 5.96 Å². The lowest BCUT2D eigenvalue weighted by molar-refractivity contribution is 0.0906. The number of guanidine groups is 1. The first-order chi connectivity index (χ1) is 13.3. The third kappa shape index (κ3) is 6.82. The van der Waals surface area contributed by atoms with Gasteiger partial charge in [-0.25, -0.2) is 0 Å². The Morgan fingerprint density at radius 1 is 1.11 bits per heavy atom. The summed E-state index contributed by atoms with van der Waals surface area (Å²) in [6.07, 6.45) is 6.68. The number of nitrogens with zero attached hydrogens (tertiary/aromatic N) is 3. The van der Waals surface area contributed by atoms with E-state index in [9.17, 15) is 0 Å². The van der Waals surface area contributed by atoms with Gasteiger partial charge in [0.25, 0.3) is 0 Å². The second-order valence-electron chi connectivity index (χ2n) is 7.83. The van der Waals surface area contributed by atoms with Crippen molar-refractivity contribution in [3.8, 4) is 0 Å². The van der Waals surface area contributed by atoms with E-state index in [4.69, 9.17) is 4.74 Å². The van der Waals surface area contributed by atoms with E-state index < -0.39 is 0 Å². The lowest BCUT2D eigenvalue weighted by atomic mass is 10.1. The van der Waals surface area contributed by atoms with Crippen LogP contribution >= 0.6 is 0 Å². The normalized spacial score (nSPS) is 22.0. The maximum Gasteiger partial charge on any atom is 0.193 e. The Morgan fingerprint density at radius 2 is 1.89 bits per heavy atom. The lowest BCUT2D eigenvalue weighted by Crippen LogP contribution is -2.43. The van der Waals surface area contributed by atoms with Crippen LogP contribution in [0, 0.1) is 5.92 Å². The summed E-state index contributed by atoms with van der Waals surface area (Å²) in [6, 6.07) is 10.4. The molecule has 150 valence electrons. The molecule has 2 aliphatic heterocycles. The topological polar surface area (TPSA) is 40.1 Å². The van der Waals surface area contributed by atoms with Crippen molar-refractivity contribution in [3.05, 3.63) is 35.9 Å². The molecule has 0 bridgehead atoms. The van der Waals surface area contributed by atoms with Gasteiger partial charge in [0.1, 0.15) is 0 Å². The molecule has 2 fully saturated rings. The van der Waals surface area contributed by atoms with Gasteiger partial charge in [-0.05, 0) is 37.9 Å². The van der Waals surface area contributed by atoms with Crippen LogP contribution in [0.3, 0.4) is 0 Å². The molecule has 0 radical (unpaired) electrons. The van der Waals surface area contributed by atoms with Gasteiger partial charge in [0, 0.05) is 39.1 Å². The molecular formula is C22H36N4O. The summed E-state index contributed by atoms with van der Waals surface area (Å²) in [4.78, 5) is 9.49. The first-order valence-corrected chi connectivity index (χ1v) is 10.6. The lowest BCUT2D eigenvalue weighted by Gasteiger charge is -2.24. The molecule has 0 amide bonds. The largest absolute Gasteiger partial charge is 0.376 e. The Balaban J connectivity index is 1.33. The molecule has 1 aromatic rings. The number of hydrogen-bond acceptors (Lipinski definition) is 3. The van der Waals surface area contributed by atoms with Crippen LogP contribution in [-0.2, 0) is 11.3 Å². The van der Waals surface area contributed by atoms with Crippen LogP contribution in [0.5, 0.6) is 0 Å². The molecule has 2 saturated heterocycles. The molecule has 3 rings (SSSR count). The number of nitrogens with one attached hydrogen (secondary N) is 1. The highest BCUT2D eigenvalue weighted by Gasteiger charge is 2.25. The summed E-state index contributed by atoms with van der Waals surface area (Å²) in [5.41, 5.74) is 1.25. The zero-order chi connectivity index (χ0) is 18.7. The van der Waals surface area contributed by atoms with Gasteiger partial charge in [-0.15, -0.1) is 0 Å². The van der Waals surface area contributed by atoms with E-state index in [-0.39, 0.29) is 0 Å². The molecule has 0 aliphatic carbocycles. The summed E-state index contributed by atoms with van der Waals surface area (Å²) in [5.74, 6) is 1.65. The molecule has 0 saturated carbocycles. The van der Waals surface area contributed by atoms with Gasteiger partial charge < -0.3 is 19.9 Å². The number of rotatable bonds is 7. The molecule has 1 aromatic carbocycles. The fraction of sp³-hybridized carbons (Fsp3) is 0.682. The van der Waals surface area contributed by atoms with Crippen LogP contribution in [0.25, 0.3) is 0 Å². The summed E-state index contributed by atoms with van der Waals surface area (Å²) in [6.45, 7) is 8.27. The zero-order valence-electron chi connectivity index (χ0n) is 16.9. The standard InChI is InChI=1S/C22H36N4O/c1-23-22(24-12-16-25-13-7-2-3-8-14-25)26-15-11-21(17-26)19-27-18-20-9-5-4-6-10-20/h4-6,9-10,21H,2-3,7-8,11-19H2,1H3,(H,23,24). The van der Waals surface area contributed by atoms with Crippen molar-refractivity contribution < 1.29 is 4.74 Å². The van der Waals surface area contributed by atoms with Crippen molar-refractivity contribution in [3.63, 3.8) is 0 Å². The Kier molecular flexibility index (Phi) is 8.43. The van der Waals surface area contributed by atoms with Gasteiger partial charge in [0.05, 0.1) is 13.2 Å². The molecule has 2 aliphatic rings. The molecule has 5 heteroatoms. The third-order valence-electron chi connectivity index (χ3n) is 5.67. The second-order valence-corrected chi connectivity index (χ2v) is 7.83. The van der Waals surface area contributed by atoms with E-state index in [1.807, 2.05) is 13.1 Å². The highest BCUT2D eigenvalue weighted by molar-refractivity contribution is 5.80. The molecule has 5 nitrogen and oxygen atoms in total. The summed E-state index contributed by atoms with van der Waals surface area (Å²) < 4.78 is 5.94. The van der Waals surface area contributed by atoms with E-state index in [0.717, 1.165) is 38.7 Å². The van der Waals surface area contributed by atoms with E-state index in [0.29, 0.717) is 12.5 Å². The fourth-order valence-electron chi connectivity index (χ4n) is 4.10. The van der Waals surface area contributed by atoms with Crippen LogP contribution in [0.2, 0.25) is 0 Å². The van der Waals surface area contributed by atoms with Gasteiger partial charge >= 0.3 is 0 Å². The van der Waals surface area contributed by atoms with Gasteiger partial charge in [0.2, 0.25) is 0 Å². The molecule has 1 unspecified atom stereocenters. The molecule has 1 atom stereocenters. The van der Waals surface area contributed by atoms with Gasteiger partial charge in [-0.3, -0.25) is 4.99 Å². The Bertz CT molecular complexity index is 555. The smallest absolute Gasteiger partial charge is 0.193 e. The summed E-state index contributed by atoms with van der Waals surface area (Å²) in [5, 5.41) is 3.58. The molecule has 27 heavy (non-hydrogen) atoms. The van der Waals surface area contributed by atoms with Crippen LogP contribution in [0.1, 0.15) is 37.7 Å². The maximum absolute atomic E-state index is 5.94. The van der Waals surface area contributed by atoms with Gasteiger partial charge in [-0.2, -0.15) is 0 Å².